The molecule has 2 heteroatoms. The largest absolute Gasteiger partial charge is 0.378 e. The van der Waals surface area contributed by atoms with Gasteiger partial charge in [-0.05, 0) is 49.3 Å². The third-order valence-corrected chi connectivity index (χ3v) is 4.06. The van der Waals surface area contributed by atoms with Gasteiger partial charge in [-0.2, -0.15) is 0 Å². The highest BCUT2D eigenvalue weighted by molar-refractivity contribution is 5.18. The second-order valence-corrected chi connectivity index (χ2v) is 5.37. The number of halogens is 1. The predicted octanol–water partition coefficient (Wildman–Crippen LogP) is 3.96. The molecule has 1 saturated carbocycles. The Labute approximate surface area is 103 Å². The summed E-state index contributed by atoms with van der Waals surface area (Å²) in [6.07, 6.45) is 5.59. The fourth-order valence-electron chi connectivity index (χ4n) is 2.72. The second-order valence-electron chi connectivity index (χ2n) is 5.37. The van der Waals surface area contributed by atoms with E-state index in [9.17, 15) is 4.39 Å². The molecule has 0 atom stereocenters. The molecule has 1 aliphatic carbocycles. The van der Waals surface area contributed by atoms with E-state index >= 15 is 0 Å². The zero-order valence-electron chi connectivity index (χ0n) is 10.7. The van der Waals surface area contributed by atoms with Gasteiger partial charge >= 0.3 is 0 Å². The van der Waals surface area contributed by atoms with Crippen molar-refractivity contribution in [2.45, 2.75) is 44.6 Å². The molecule has 17 heavy (non-hydrogen) atoms. The molecule has 0 heterocycles. The zero-order chi connectivity index (χ0) is 12.3. The lowest BCUT2D eigenvalue weighted by molar-refractivity contribution is -0.0469. The molecule has 1 nitrogen and oxygen atoms in total. The minimum absolute atomic E-state index is 0.0235. The molecule has 1 fully saturated rings. The van der Waals surface area contributed by atoms with E-state index in [-0.39, 0.29) is 11.4 Å². The van der Waals surface area contributed by atoms with Crippen molar-refractivity contribution in [3.63, 3.8) is 0 Å². The van der Waals surface area contributed by atoms with Crippen molar-refractivity contribution in [1.82, 2.24) is 0 Å². The van der Waals surface area contributed by atoms with Crippen LogP contribution in [0.2, 0.25) is 0 Å². The summed E-state index contributed by atoms with van der Waals surface area (Å²) in [5, 5.41) is 0. The number of hydrogen-bond acceptors (Lipinski definition) is 1. The molecule has 1 aromatic rings. The molecular formula is C15H21FO. The molecule has 2 rings (SSSR count). The minimum Gasteiger partial charge on any atom is -0.378 e. The Kier molecular flexibility index (Phi) is 3.82. The lowest BCUT2D eigenvalue weighted by Gasteiger charge is -2.38. The molecular weight excluding hydrogens is 215 g/mol. The van der Waals surface area contributed by atoms with Crippen LogP contribution >= 0.6 is 0 Å². The molecule has 1 aromatic carbocycles. The Hall–Kier alpha value is -0.890. The number of rotatable bonds is 3. The maximum Gasteiger partial charge on any atom is 0.123 e. The van der Waals surface area contributed by atoms with Crippen LogP contribution in [0.1, 0.15) is 38.2 Å². The Balaban J connectivity index is 2.06. The third-order valence-electron chi connectivity index (χ3n) is 4.06. The van der Waals surface area contributed by atoms with Crippen LogP contribution in [0.15, 0.2) is 24.3 Å². The van der Waals surface area contributed by atoms with Gasteiger partial charge in [-0.15, -0.1) is 0 Å². The molecule has 0 saturated heterocycles. The molecule has 0 bridgehead atoms. The summed E-state index contributed by atoms with van der Waals surface area (Å²) in [5.41, 5.74) is 1.15. The normalized spacial score (nSPS) is 29.2. The highest BCUT2D eigenvalue weighted by Gasteiger charge is 2.34. The first-order valence-electron chi connectivity index (χ1n) is 6.43. The van der Waals surface area contributed by atoms with Crippen molar-refractivity contribution in [1.29, 1.82) is 0 Å². The fraction of sp³-hybridized carbons (Fsp3) is 0.600. The highest BCUT2D eigenvalue weighted by Crippen LogP contribution is 2.36. The van der Waals surface area contributed by atoms with Gasteiger partial charge in [-0.25, -0.2) is 4.39 Å². The topological polar surface area (TPSA) is 9.23 Å². The van der Waals surface area contributed by atoms with Crippen LogP contribution in [-0.4, -0.2) is 12.7 Å². The average molecular weight is 236 g/mol. The van der Waals surface area contributed by atoms with Crippen molar-refractivity contribution >= 4 is 0 Å². The van der Waals surface area contributed by atoms with Crippen LogP contribution in [0.3, 0.4) is 0 Å². The maximum atomic E-state index is 12.9. The van der Waals surface area contributed by atoms with Gasteiger partial charge in [-0.1, -0.05) is 19.1 Å². The van der Waals surface area contributed by atoms with Gasteiger partial charge in [0.05, 0.1) is 5.60 Å². The van der Waals surface area contributed by atoms with Crippen molar-refractivity contribution in [3.8, 4) is 0 Å². The van der Waals surface area contributed by atoms with Gasteiger partial charge in [0.15, 0.2) is 0 Å². The first kappa shape index (κ1) is 12.6. The summed E-state index contributed by atoms with van der Waals surface area (Å²) < 4.78 is 18.6. The summed E-state index contributed by atoms with van der Waals surface area (Å²) >= 11 is 0. The Bertz CT molecular complexity index is 350. The maximum absolute atomic E-state index is 12.9. The van der Waals surface area contributed by atoms with E-state index in [0.717, 1.165) is 25.2 Å². The first-order valence-corrected chi connectivity index (χ1v) is 6.43. The van der Waals surface area contributed by atoms with E-state index in [1.54, 1.807) is 7.11 Å². The minimum atomic E-state index is -0.169. The summed E-state index contributed by atoms with van der Waals surface area (Å²) in [7, 11) is 1.81. The smallest absolute Gasteiger partial charge is 0.123 e. The average Bonchev–Trinajstić information content (AvgIpc) is 2.35. The molecule has 0 amide bonds. The SMILES string of the molecule is COC1(Cc2ccc(F)cc2)CCC(C)CC1. The third kappa shape index (κ3) is 3.06. The monoisotopic (exact) mass is 236 g/mol. The summed E-state index contributed by atoms with van der Waals surface area (Å²) in [6, 6.07) is 6.80. The van der Waals surface area contributed by atoms with E-state index in [4.69, 9.17) is 4.74 Å². The van der Waals surface area contributed by atoms with Gasteiger partial charge in [0.25, 0.3) is 0 Å². The predicted molar refractivity (Wildman–Crippen MR) is 67.5 cm³/mol. The van der Waals surface area contributed by atoms with Crippen LogP contribution in [0.4, 0.5) is 4.39 Å². The number of hydrogen-bond donors (Lipinski definition) is 0. The van der Waals surface area contributed by atoms with Crippen LogP contribution in [0, 0.1) is 11.7 Å². The summed E-state index contributed by atoms with van der Waals surface area (Å²) in [5.74, 6) is 0.643. The number of benzene rings is 1. The van der Waals surface area contributed by atoms with E-state index in [1.807, 2.05) is 12.1 Å². The molecule has 0 aliphatic heterocycles. The quantitative estimate of drug-likeness (QED) is 0.771. The number of methoxy groups -OCH3 is 1. The summed E-state index contributed by atoms with van der Waals surface area (Å²) in [6.45, 7) is 2.30. The van der Waals surface area contributed by atoms with Crippen LogP contribution < -0.4 is 0 Å². The first-order chi connectivity index (χ1) is 8.13. The fourth-order valence-corrected chi connectivity index (χ4v) is 2.72. The van der Waals surface area contributed by atoms with Gasteiger partial charge in [0.2, 0.25) is 0 Å². The molecule has 1 aliphatic rings. The van der Waals surface area contributed by atoms with E-state index in [0.29, 0.717) is 0 Å². The molecule has 0 spiro atoms. The van der Waals surface area contributed by atoms with E-state index in [1.165, 1.54) is 30.5 Å². The molecule has 0 radical (unpaired) electrons. The Morgan fingerprint density at radius 1 is 1.24 bits per heavy atom. The molecule has 0 aromatic heterocycles. The van der Waals surface area contributed by atoms with Gasteiger partial charge in [-0.3, -0.25) is 0 Å². The van der Waals surface area contributed by atoms with Crippen molar-refractivity contribution in [3.05, 3.63) is 35.6 Å². The Morgan fingerprint density at radius 2 is 1.82 bits per heavy atom. The second kappa shape index (κ2) is 5.18. The molecule has 0 unspecified atom stereocenters. The lowest BCUT2D eigenvalue weighted by atomic mass is 9.76. The van der Waals surface area contributed by atoms with Crippen molar-refractivity contribution < 1.29 is 9.13 Å². The van der Waals surface area contributed by atoms with Gasteiger partial charge in [0, 0.05) is 13.5 Å². The van der Waals surface area contributed by atoms with Crippen molar-refractivity contribution in [2.75, 3.05) is 7.11 Å². The molecule has 0 N–H and O–H groups in total. The van der Waals surface area contributed by atoms with Crippen molar-refractivity contribution in [2.24, 2.45) is 5.92 Å². The lowest BCUT2D eigenvalue weighted by Crippen LogP contribution is -2.38. The van der Waals surface area contributed by atoms with E-state index in [2.05, 4.69) is 6.92 Å². The molecule has 94 valence electrons. The standard InChI is InChI=1S/C15H21FO/c1-12-7-9-15(17-2,10-8-12)11-13-3-5-14(16)6-4-13/h3-6,12H,7-11H2,1-2H3. The number of ether oxygens (including phenoxy) is 1. The summed E-state index contributed by atoms with van der Waals surface area (Å²) in [4.78, 5) is 0. The van der Waals surface area contributed by atoms with Gasteiger partial charge in [0.1, 0.15) is 5.82 Å². The zero-order valence-corrected chi connectivity index (χ0v) is 10.7. The Morgan fingerprint density at radius 3 is 2.35 bits per heavy atom. The van der Waals surface area contributed by atoms with Crippen LogP contribution in [0.5, 0.6) is 0 Å². The van der Waals surface area contributed by atoms with Gasteiger partial charge < -0.3 is 4.74 Å². The highest BCUT2D eigenvalue weighted by atomic mass is 19.1. The van der Waals surface area contributed by atoms with Crippen LogP contribution in [-0.2, 0) is 11.2 Å². The van der Waals surface area contributed by atoms with Crippen LogP contribution in [0.25, 0.3) is 0 Å². The van der Waals surface area contributed by atoms with E-state index < -0.39 is 0 Å².